The van der Waals surface area contributed by atoms with Crippen LogP contribution in [-0.2, 0) is 4.79 Å². The van der Waals surface area contributed by atoms with Crippen LogP contribution in [-0.4, -0.2) is 25.5 Å². The van der Waals surface area contributed by atoms with Gasteiger partial charge in [0.25, 0.3) is 5.91 Å². The number of methoxy groups -OCH3 is 1. The number of ether oxygens (including phenoxy) is 2. The topological polar surface area (TPSA) is 76.7 Å². The minimum Gasteiger partial charge on any atom is -0.497 e. The molecule has 0 aliphatic rings. The minimum atomic E-state index is -0.236. The first-order valence-electron chi connectivity index (χ1n) is 10.6. The number of carbonyl (C=O) groups is 2. The lowest BCUT2D eigenvalue weighted by atomic mass is 10.1. The van der Waals surface area contributed by atoms with E-state index in [1.54, 1.807) is 31.4 Å². The lowest BCUT2D eigenvalue weighted by Gasteiger charge is -2.16. The van der Waals surface area contributed by atoms with Crippen molar-refractivity contribution >= 4 is 17.5 Å². The molecule has 0 aliphatic heterocycles. The molecule has 166 valence electrons. The lowest BCUT2D eigenvalue weighted by molar-refractivity contribution is -0.116. The van der Waals surface area contributed by atoms with Crippen molar-refractivity contribution in [2.45, 2.75) is 25.8 Å². The molecule has 0 aromatic heterocycles. The number of hydrogen-bond acceptors (Lipinski definition) is 4. The third kappa shape index (κ3) is 6.60. The van der Waals surface area contributed by atoms with Crippen LogP contribution in [0.15, 0.2) is 78.9 Å². The zero-order valence-electron chi connectivity index (χ0n) is 18.3. The largest absolute Gasteiger partial charge is 0.497 e. The van der Waals surface area contributed by atoms with Gasteiger partial charge in [0, 0.05) is 6.42 Å². The summed E-state index contributed by atoms with van der Waals surface area (Å²) in [6.07, 6.45) is 0.837. The van der Waals surface area contributed by atoms with Gasteiger partial charge in [0.1, 0.15) is 11.5 Å². The molecular formula is C26H28N2O4. The van der Waals surface area contributed by atoms with Gasteiger partial charge in [-0.25, -0.2) is 0 Å². The zero-order valence-corrected chi connectivity index (χ0v) is 18.3. The molecule has 0 saturated carbocycles. The van der Waals surface area contributed by atoms with E-state index in [0.29, 0.717) is 24.3 Å². The van der Waals surface area contributed by atoms with E-state index in [0.717, 1.165) is 17.1 Å². The Hall–Kier alpha value is -3.80. The summed E-state index contributed by atoms with van der Waals surface area (Å²) in [5.41, 5.74) is 1.93. The van der Waals surface area contributed by atoms with Crippen molar-refractivity contribution in [1.29, 1.82) is 0 Å². The minimum absolute atomic E-state index is 0.150. The number of amides is 2. The highest BCUT2D eigenvalue weighted by Gasteiger charge is 2.16. The van der Waals surface area contributed by atoms with Crippen LogP contribution in [0.1, 0.15) is 41.7 Å². The maximum Gasteiger partial charge on any atom is 0.253 e. The summed E-state index contributed by atoms with van der Waals surface area (Å²) in [4.78, 5) is 25.2. The van der Waals surface area contributed by atoms with Crippen molar-refractivity contribution in [3.8, 4) is 11.5 Å². The van der Waals surface area contributed by atoms with Crippen molar-refractivity contribution in [2.75, 3.05) is 19.0 Å². The van der Waals surface area contributed by atoms with Crippen LogP contribution in [0.5, 0.6) is 11.5 Å². The van der Waals surface area contributed by atoms with Gasteiger partial charge >= 0.3 is 0 Å². The molecule has 0 unspecified atom stereocenters. The van der Waals surface area contributed by atoms with Gasteiger partial charge in [-0.2, -0.15) is 0 Å². The van der Waals surface area contributed by atoms with Gasteiger partial charge in [0.15, 0.2) is 0 Å². The van der Waals surface area contributed by atoms with Gasteiger partial charge in [-0.15, -0.1) is 0 Å². The molecule has 32 heavy (non-hydrogen) atoms. The third-order valence-electron chi connectivity index (χ3n) is 4.97. The van der Waals surface area contributed by atoms with Gasteiger partial charge in [0.05, 0.1) is 31.0 Å². The first kappa shape index (κ1) is 22.9. The fourth-order valence-corrected chi connectivity index (χ4v) is 3.20. The van der Waals surface area contributed by atoms with Crippen molar-refractivity contribution in [2.24, 2.45) is 0 Å². The molecule has 2 N–H and O–H groups in total. The molecule has 2 amide bonds. The number of rotatable bonds is 10. The maximum absolute atomic E-state index is 12.8. The Morgan fingerprint density at radius 3 is 2.25 bits per heavy atom. The molecule has 3 aromatic rings. The summed E-state index contributed by atoms with van der Waals surface area (Å²) in [7, 11) is 1.61. The van der Waals surface area contributed by atoms with Crippen molar-refractivity contribution < 1.29 is 19.1 Å². The van der Waals surface area contributed by atoms with Crippen LogP contribution in [0.3, 0.4) is 0 Å². The van der Waals surface area contributed by atoms with Crippen molar-refractivity contribution in [3.63, 3.8) is 0 Å². The number of benzene rings is 3. The molecular weight excluding hydrogens is 404 g/mol. The molecule has 6 nitrogen and oxygen atoms in total. The summed E-state index contributed by atoms with van der Waals surface area (Å²) in [5.74, 6) is 1.08. The van der Waals surface area contributed by atoms with Gasteiger partial charge in [-0.05, 0) is 55.3 Å². The number of carbonyl (C=O) groups excluding carboxylic acids is 2. The van der Waals surface area contributed by atoms with Crippen LogP contribution < -0.4 is 20.1 Å². The monoisotopic (exact) mass is 432 g/mol. The number of nitrogens with one attached hydrogen (secondary N) is 2. The number of hydrogen-bond donors (Lipinski definition) is 2. The quantitative estimate of drug-likeness (QED) is 0.443. The highest BCUT2D eigenvalue weighted by molar-refractivity contribution is 6.03. The summed E-state index contributed by atoms with van der Waals surface area (Å²) < 4.78 is 10.8. The molecule has 0 aliphatic carbocycles. The first-order chi connectivity index (χ1) is 15.6. The fraction of sp³-hybridized carbons (Fsp3) is 0.231. The highest BCUT2D eigenvalue weighted by atomic mass is 16.5. The molecule has 1 atom stereocenters. The van der Waals surface area contributed by atoms with E-state index < -0.39 is 0 Å². The average molecular weight is 433 g/mol. The summed E-state index contributed by atoms with van der Waals surface area (Å²) in [6.45, 7) is 2.34. The van der Waals surface area contributed by atoms with E-state index in [9.17, 15) is 9.59 Å². The van der Waals surface area contributed by atoms with Crippen molar-refractivity contribution in [1.82, 2.24) is 5.32 Å². The van der Waals surface area contributed by atoms with Gasteiger partial charge < -0.3 is 20.1 Å². The standard InChI is InChI=1S/C26H28N2O4/c1-19(20-9-4-3-5-10-20)27-26(30)23-11-6-7-12-24(23)28-25(29)13-8-18-32-22-16-14-21(31-2)15-17-22/h3-7,9-12,14-17,19H,8,13,18H2,1-2H3,(H,27,30)(H,28,29)/t19-/m0/s1. The Morgan fingerprint density at radius 2 is 1.53 bits per heavy atom. The van der Waals surface area contributed by atoms with Gasteiger partial charge in [-0.1, -0.05) is 42.5 Å². The van der Waals surface area contributed by atoms with Gasteiger partial charge in [-0.3, -0.25) is 9.59 Å². The predicted molar refractivity (Wildman–Crippen MR) is 125 cm³/mol. The lowest BCUT2D eigenvalue weighted by Crippen LogP contribution is -2.28. The molecule has 0 saturated heterocycles. The Balaban J connectivity index is 1.50. The normalized spacial score (nSPS) is 11.3. The Kier molecular flexibility index (Phi) is 8.26. The molecule has 6 heteroatoms. The Labute approximate surface area is 188 Å². The van der Waals surface area contributed by atoms with E-state index >= 15 is 0 Å². The second-order valence-corrected chi connectivity index (χ2v) is 7.33. The number of anilines is 1. The molecule has 0 fully saturated rings. The predicted octanol–water partition coefficient (Wildman–Crippen LogP) is 4.98. The Morgan fingerprint density at radius 1 is 0.875 bits per heavy atom. The molecule has 0 bridgehead atoms. The van der Waals surface area contributed by atoms with E-state index in [-0.39, 0.29) is 24.3 Å². The van der Waals surface area contributed by atoms with E-state index in [2.05, 4.69) is 10.6 Å². The SMILES string of the molecule is COc1ccc(OCCCC(=O)Nc2ccccc2C(=O)N[C@@H](C)c2ccccc2)cc1. The molecule has 0 heterocycles. The summed E-state index contributed by atoms with van der Waals surface area (Å²) in [6, 6.07) is 23.9. The second-order valence-electron chi connectivity index (χ2n) is 7.33. The Bertz CT molecular complexity index is 1020. The molecule has 0 radical (unpaired) electrons. The maximum atomic E-state index is 12.8. The molecule has 3 aromatic carbocycles. The summed E-state index contributed by atoms with van der Waals surface area (Å²) >= 11 is 0. The van der Waals surface area contributed by atoms with E-state index in [1.165, 1.54) is 0 Å². The zero-order chi connectivity index (χ0) is 22.8. The molecule has 0 spiro atoms. The van der Waals surface area contributed by atoms with E-state index in [4.69, 9.17) is 9.47 Å². The third-order valence-corrected chi connectivity index (χ3v) is 4.97. The highest BCUT2D eigenvalue weighted by Crippen LogP contribution is 2.19. The van der Waals surface area contributed by atoms with Gasteiger partial charge in [0.2, 0.25) is 5.91 Å². The summed E-state index contributed by atoms with van der Waals surface area (Å²) in [5, 5.41) is 5.83. The van der Waals surface area contributed by atoms with Crippen molar-refractivity contribution in [3.05, 3.63) is 90.0 Å². The van der Waals surface area contributed by atoms with Crippen LogP contribution in [0, 0.1) is 0 Å². The average Bonchev–Trinajstić information content (AvgIpc) is 2.83. The van der Waals surface area contributed by atoms with Crippen LogP contribution in [0.25, 0.3) is 0 Å². The van der Waals surface area contributed by atoms with Crippen LogP contribution >= 0.6 is 0 Å². The molecule has 3 rings (SSSR count). The fourth-order valence-electron chi connectivity index (χ4n) is 3.20. The van der Waals surface area contributed by atoms with Crippen LogP contribution in [0.4, 0.5) is 5.69 Å². The number of para-hydroxylation sites is 1. The smallest absolute Gasteiger partial charge is 0.253 e. The van der Waals surface area contributed by atoms with Crippen LogP contribution in [0.2, 0.25) is 0 Å². The second kappa shape index (κ2) is 11.6. The first-order valence-corrected chi connectivity index (χ1v) is 10.6. The van der Waals surface area contributed by atoms with E-state index in [1.807, 2.05) is 61.5 Å².